The summed E-state index contributed by atoms with van der Waals surface area (Å²) in [6, 6.07) is 22.9. The fourth-order valence-electron chi connectivity index (χ4n) is 4.01. The van der Waals surface area contributed by atoms with Gasteiger partial charge in [0.25, 0.3) is 5.91 Å². The molecular weight excluding hydrogens is 516 g/mol. The van der Waals surface area contributed by atoms with Gasteiger partial charge in [-0.1, -0.05) is 67.6 Å². The van der Waals surface area contributed by atoms with Crippen molar-refractivity contribution in [2.45, 2.75) is 59.2 Å². The van der Waals surface area contributed by atoms with Gasteiger partial charge < -0.3 is 15.0 Å². The molecule has 0 fully saturated rings. The predicted octanol–water partition coefficient (Wildman–Crippen LogP) is 5.86. The molecule has 3 aromatic carbocycles. The molecule has 5 nitrogen and oxygen atoms in total. The third kappa shape index (κ3) is 7.69. The molecule has 3 rings (SSSR count). The van der Waals surface area contributed by atoms with Crippen LogP contribution in [0, 0.1) is 6.92 Å². The zero-order valence-corrected chi connectivity index (χ0v) is 23.0. The van der Waals surface area contributed by atoms with E-state index in [1.807, 2.05) is 93.6 Å². The van der Waals surface area contributed by atoms with Crippen LogP contribution in [0.1, 0.15) is 43.0 Å². The van der Waals surface area contributed by atoms with Crippen LogP contribution in [0.2, 0.25) is 0 Å². The number of halogens is 1. The van der Waals surface area contributed by atoms with Gasteiger partial charge in [0, 0.05) is 19.0 Å². The molecule has 1 atom stereocenters. The second-order valence-corrected chi connectivity index (χ2v) is 10.1. The lowest BCUT2D eigenvalue weighted by Crippen LogP contribution is -2.52. The summed E-state index contributed by atoms with van der Waals surface area (Å²) in [6.45, 7) is 8.09. The van der Waals surface area contributed by atoms with Gasteiger partial charge in [-0.25, -0.2) is 0 Å². The minimum absolute atomic E-state index is 0.0459. The first-order chi connectivity index (χ1) is 17.3. The Balaban J connectivity index is 1.92. The lowest BCUT2D eigenvalue weighted by molar-refractivity contribution is -0.143. The van der Waals surface area contributed by atoms with E-state index in [4.69, 9.17) is 4.74 Å². The van der Waals surface area contributed by atoms with Crippen LogP contribution in [-0.4, -0.2) is 35.4 Å². The number of hydrogen-bond donors (Lipinski definition) is 1. The Morgan fingerprint density at radius 2 is 1.67 bits per heavy atom. The van der Waals surface area contributed by atoms with E-state index >= 15 is 0 Å². The minimum Gasteiger partial charge on any atom is -0.483 e. The molecule has 1 N–H and O–H groups in total. The first-order valence-electron chi connectivity index (χ1n) is 12.4. The summed E-state index contributed by atoms with van der Waals surface area (Å²) in [5, 5.41) is 3.01. The van der Waals surface area contributed by atoms with E-state index in [9.17, 15) is 9.59 Å². The highest BCUT2D eigenvalue weighted by Gasteiger charge is 2.31. The third-order valence-electron chi connectivity index (χ3n) is 6.06. The molecule has 0 saturated heterocycles. The molecule has 0 aliphatic rings. The Bertz CT molecular complexity index is 1160. The molecule has 190 valence electrons. The summed E-state index contributed by atoms with van der Waals surface area (Å²) in [5.41, 5.74) is 4.23. The maximum absolute atomic E-state index is 13.7. The van der Waals surface area contributed by atoms with Crippen LogP contribution < -0.4 is 10.1 Å². The van der Waals surface area contributed by atoms with Gasteiger partial charge in [-0.15, -0.1) is 0 Å². The Morgan fingerprint density at radius 3 is 2.31 bits per heavy atom. The largest absolute Gasteiger partial charge is 0.483 e. The van der Waals surface area contributed by atoms with Gasteiger partial charge in [0.05, 0.1) is 4.47 Å². The fourth-order valence-corrected chi connectivity index (χ4v) is 4.55. The average molecular weight is 552 g/mol. The molecule has 0 aromatic heterocycles. The maximum atomic E-state index is 13.7. The maximum Gasteiger partial charge on any atom is 0.261 e. The number of rotatable bonds is 11. The molecule has 0 radical (unpaired) electrons. The van der Waals surface area contributed by atoms with Crippen molar-refractivity contribution >= 4 is 27.7 Å². The van der Waals surface area contributed by atoms with Crippen molar-refractivity contribution in [3.8, 4) is 5.75 Å². The zero-order valence-electron chi connectivity index (χ0n) is 21.5. The van der Waals surface area contributed by atoms with Crippen molar-refractivity contribution in [3.63, 3.8) is 0 Å². The van der Waals surface area contributed by atoms with Gasteiger partial charge >= 0.3 is 0 Å². The van der Waals surface area contributed by atoms with Crippen molar-refractivity contribution in [2.24, 2.45) is 0 Å². The summed E-state index contributed by atoms with van der Waals surface area (Å²) in [7, 11) is 0. The molecule has 1 unspecified atom stereocenters. The Hall–Kier alpha value is -3.12. The lowest BCUT2D eigenvalue weighted by atomic mass is 10.0. The number of carbonyl (C=O) groups is 2. The molecule has 0 heterocycles. The van der Waals surface area contributed by atoms with E-state index in [1.165, 1.54) is 5.56 Å². The van der Waals surface area contributed by atoms with E-state index in [1.54, 1.807) is 4.90 Å². The number of nitrogens with zero attached hydrogens (tertiary/aromatic N) is 1. The standard InChI is InChI=1S/C30H35BrN2O3/c1-5-23-15-16-28(26(31)17-23)36-20-29(34)33(19-25-14-10-9-11-22(25)4)27(30(35)32-21(2)3)18-24-12-7-6-8-13-24/h6-17,21,27H,5,18-20H2,1-4H3,(H,32,35). The Labute approximate surface area is 223 Å². The molecule has 0 aliphatic heterocycles. The number of aryl methyl sites for hydroxylation is 2. The molecule has 3 aromatic rings. The topological polar surface area (TPSA) is 58.6 Å². The second-order valence-electron chi connectivity index (χ2n) is 9.22. The van der Waals surface area contributed by atoms with Gasteiger partial charge in [-0.05, 0) is 77.5 Å². The van der Waals surface area contributed by atoms with E-state index in [-0.39, 0.29) is 24.5 Å². The normalized spacial score (nSPS) is 11.7. The number of benzene rings is 3. The van der Waals surface area contributed by atoms with Gasteiger partial charge in [-0.2, -0.15) is 0 Å². The van der Waals surface area contributed by atoms with Gasteiger partial charge in [-0.3, -0.25) is 9.59 Å². The predicted molar refractivity (Wildman–Crippen MR) is 148 cm³/mol. The van der Waals surface area contributed by atoms with Crippen molar-refractivity contribution in [1.29, 1.82) is 0 Å². The van der Waals surface area contributed by atoms with Crippen molar-refractivity contribution in [3.05, 3.63) is 99.5 Å². The number of nitrogens with one attached hydrogen (secondary N) is 1. The van der Waals surface area contributed by atoms with Crippen LogP contribution in [0.15, 0.2) is 77.3 Å². The highest BCUT2D eigenvalue weighted by atomic mass is 79.9. The van der Waals surface area contributed by atoms with E-state index < -0.39 is 6.04 Å². The minimum atomic E-state index is -0.684. The fraction of sp³-hybridized carbons (Fsp3) is 0.333. The third-order valence-corrected chi connectivity index (χ3v) is 6.68. The van der Waals surface area contributed by atoms with Crippen molar-refractivity contribution in [2.75, 3.05) is 6.61 Å². The quantitative estimate of drug-likeness (QED) is 0.325. The summed E-state index contributed by atoms with van der Waals surface area (Å²) in [6.07, 6.45) is 1.32. The van der Waals surface area contributed by atoms with Crippen LogP contribution in [0.5, 0.6) is 5.75 Å². The molecule has 0 bridgehead atoms. The molecule has 0 saturated carbocycles. The van der Waals surface area contributed by atoms with Crippen LogP contribution >= 0.6 is 15.9 Å². The van der Waals surface area contributed by atoms with E-state index in [0.717, 1.165) is 27.6 Å². The van der Waals surface area contributed by atoms with Crippen molar-refractivity contribution in [1.82, 2.24) is 10.2 Å². The number of ether oxygens (including phenoxy) is 1. The Morgan fingerprint density at radius 1 is 0.972 bits per heavy atom. The first-order valence-corrected chi connectivity index (χ1v) is 13.2. The second kappa shape index (κ2) is 13.3. The lowest BCUT2D eigenvalue weighted by Gasteiger charge is -2.32. The molecule has 0 aliphatic carbocycles. The summed E-state index contributed by atoms with van der Waals surface area (Å²) >= 11 is 3.55. The van der Waals surface area contributed by atoms with Crippen LogP contribution in [0.25, 0.3) is 0 Å². The van der Waals surface area contributed by atoms with Gasteiger partial charge in [0.2, 0.25) is 5.91 Å². The number of amides is 2. The molecular formula is C30H35BrN2O3. The molecule has 2 amide bonds. The van der Waals surface area contributed by atoms with Gasteiger partial charge in [0.1, 0.15) is 11.8 Å². The number of hydrogen-bond acceptors (Lipinski definition) is 3. The van der Waals surface area contributed by atoms with Crippen LogP contribution in [0.3, 0.4) is 0 Å². The summed E-state index contributed by atoms with van der Waals surface area (Å²) < 4.78 is 6.74. The number of carbonyl (C=O) groups excluding carboxylic acids is 2. The summed E-state index contributed by atoms with van der Waals surface area (Å²) in [4.78, 5) is 28.8. The highest BCUT2D eigenvalue weighted by Crippen LogP contribution is 2.26. The van der Waals surface area contributed by atoms with Crippen LogP contribution in [-0.2, 0) is 29.0 Å². The van der Waals surface area contributed by atoms with Crippen molar-refractivity contribution < 1.29 is 14.3 Å². The van der Waals surface area contributed by atoms with Gasteiger partial charge in [0.15, 0.2) is 6.61 Å². The average Bonchev–Trinajstić information content (AvgIpc) is 2.86. The SMILES string of the molecule is CCc1ccc(OCC(=O)N(Cc2ccccc2C)C(Cc2ccccc2)C(=O)NC(C)C)c(Br)c1. The van der Waals surface area contributed by atoms with E-state index in [0.29, 0.717) is 18.7 Å². The zero-order chi connectivity index (χ0) is 26.1. The first kappa shape index (κ1) is 27.5. The van der Waals surface area contributed by atoms with E-state index in [2.05, 4.69) is 28.2 Å². The highest BCUT2D eigenvalue weighted by molar-refractivity contribution is 9.10. The van der Waals surface area contributed by atoms with Crippen LogP contribution in [0.4, 0.5) is 0 Å². The summed E-state index contributed by atoms with van der Waals surface area (Å²) in [5.74, 6) is 0.177. The molecule has 0 spiro atoms. The Kier molecular flexibility index (Phi) is 10.1. The molecule has 36 heavy (non-hydrogen) atoms. The monoisotopic (exact) mass is 550 g/mol. The molecule has 6 heteroatoms. The smallest absolute Gasteiger partial charge is 0.261 e.